The minimum atomic E-state index is -0.679. The molecule has 0 fully saturated rings. The summed E-state index contributed by atoms with van der Waals surface area (Å²) in [6.45, 7) is 2.62. The summed E-state index contributed by atoms with van der Waals surface area (Å²) < 4.78 is 4.82. The lowest BCUT2D eigenvalue weighted by Gasteiger charge is -2.17. The van der Waals surface area contributed by atoms with E-state index >= 15 is 0 Å². The average Bonchev–Trinajstić information content (AvgIpc) is 2.48. The molecule has 0 aliphatic heterocycles. The van der Waals surface area contributed by atoms with Gasteiger partial charge in [-0.3, -0.25) is 9.59 Å². The van der Waals surface area contributed by atoms with Crippen LogP contribution in [0, 0.1) is 0 Å². The fourth-order valence-electron chi connectivity index (χ4n) is 1.65. The molecule has 1 unspecified atom stereocenters. The first kappa shape index (κ1) is 17.5. The van der Waals surface area contributed by atoms with E-state index in [0.29, 0.717) is 24.7 Å². The fourth-order valence-corrected chi connectivity index (χ4v) is 2.55. The van der Waals surface area contributed by atoms with Crippen LogP contribution in [0.4, 0.5) is 0 Å². The van der Waals surface area contributed by atoms with Crippen LogP contribution in [0.2, 0.25) is 0 Å². The van der Waals surface area contributed by atoms with Gasteiger partial charge in [-0.1, -0.05) is 30.3 Å². The molecule has 5 nitrogen and oxygen atoms in total. The summed E-state index contributed by atoms with van der Waals surface area (Å²) in [5, 5.41) is 0. The van der Waals surface area contributed by atoms with Gasteiger partial charge in [0.15, 0.2) is 0 Å². The van der Waals surface area contributed by atoms with Gasteiger partial charge in [0, 0.05) is 19.3 Å². The molecule has 0 radical (unpaired) electrons. The van der Waals surface area contributed by atoms with Gasteiger partial charge in [0.05, 0.1) is 12.4 Å². The van der Waals surface area contributed by atoms with Crippen molar-refractivity contribution >= 4 is 23.6 Å². The van der Waals surface area contributed by atoms with E-state index in [1.807, 2.05) is 30.3 Å². The smallest absolute Gasteiger partial charge is 0.323 e. The van der Waals surface area contributed by atoms with Crippen molar-refractivity contribution < 1.29 is 14.3 Å². The number of nitrogens with zero attached hydrogens (tertiary/aromatic N) is 1. The maximum atomic E-state index is 12.0. The van der Waals surface area contributed by atoms with E-state index in [1.54, 1.807) is 18.9 Å². The topological polar surface area (TPSA) is 72.6 Å². The van der Waals surface area contributed by atoms with E-state index in [0.717, 1.165) is 5.56 Å². The monoisotopic (exact) mass is 310 g/mol. The molecule has 0 spiro atoms. The van der Waals surface area contributed by atoms with Crippen LogP contribution in [-0.2, 0) is 20.9 Å². The van der Waals surface area contributed by atoms with Crippen molar-refractivity contribution in [3.8, 4) is 0 Å². The molecule has 0 saturated heterocycles. The number of esters is 1. The van der Waals surface area contributed by atoms with Gasteiger partial charge in [0.1, 0.15) is 6.04 Å². The van der Waals surface area contributed by atoms with Gasteiger partial charge in [-0.15, -0.1) is 11.8 Å². The maximum Gasteiger partial charge on any atom is 0.323 e. The van der Waals surface area contributed by atoms with Gasteiger partial charge in [0.2, 0.25) is 5.91 Å². The third-order valence-electron chi connectivity index (χ3n) is 2.80. The minimum absolute atomic E-state index is 0.0138. The van der Waals surface area contributed by atoms with Gasteiger partial charge in [0.25, 0.3) is 0 Å². The molecule has 116 valence electrons. The van der Waals surface area contributed by atoms with Crippen LogP contribution >= 0.6 is 11.8 Å². The lowest BCUT2D eigenvalue weighted by molar-refractivity contribution is -0.144. The molecule has 0 aliphatic rings. The zero-order chi connectivity index (χ0) is 15.7. The number of carbonyl (C=O) groups excluding carboxylic acids is 2. The van der Waals surface area contributed by atoms with E-state index in [1.165, 1.54) is 11.8 Å². The highest BCUT2D eigenvalue weighted by atomic mass is 32.2. The number of nitrogens with two attached hydrogens (primary N) is 1. The summed E-state index contributed by atoms with van der Waals surface area (Å²) >= 11 is 1.35. The van der Waals surface area contributed by atoms with Crippen LogP contribution in [0.1, 0.15) is 12.5 Å². The second-order valence-electron chi connectivity index (χ2n) is 4.61. The number of hydrogen-bond donors (Lipinski definition) is 1. The highest BCUT2D eigenvalue weighted by Crippen LogP contribution is 2.08. The van der Waals surface area contributed by atoms with Crippen LogP contribution in [0.15, 0.2) is 30.3 Å². The Morgan fingerprint density at radius 3 is 2.62 bits per heavy atom. The Hall–Kier alpha value is -1.53. The SMILES string of the molecule is CCOC(=O)C(N)CSCC(=O)N(C)Cc1ccccc1. The molecule has 0 bridgehead atoms. The zero-order valence-electron chi connectivity index (χ0n) is 12.5. The van der Waals surface area contributed by atoms with Gasteiger partial charge >= 0.3 is 5.97 Å². The summed E-state index contributed by atoms with van der Waals surface area (Å²) in [5.41, 5.74) is 6.75. The van der Waals surface area contributed by atoms with E-state index in [4.69, 9.17) is 10.5 Å². The molecule has 6 heteroatoms. The van der Waals surface area contributed by atoms with E-state index in [-0.39, 0.29) is 5.91 Å². The maximum absolute atomic E-state index is 12.0. The molecule has 1 amide bonds. The number of hydrogen-bond acceptors (Lipinski definition) is 5. The van der Waals surface area contributed by atoms with Crippen LogP contribution in [0.3, 0.4) is 0 Å². The van der Waals surface area contributed by atoms with Gasteiger partial charge in [-0.25, -0.2) is 0 Å². The van der Waals surface area contributed by atoms with E-state index in [2.05, 4.69) is 0 Å². The molecule has 0 aliphatic carbocycles. The lowest BCUT2D eigenvalue weighted by atomic mass is 10.2. The quantitative estimate of drug-likeness (QED) is 0.732. The van der Waals surface area contributed by atoms with Gasteiger partial charge in [-0.05, 0) is 12.5 Å². The molecule has 1 atom stereocenters. The predicted octanol–water partition coefficient (Wildman–Crippen LogP) is 1.27. The van der Waals surface area contributed by atoms with Gasteiger partial charge < -0.3 is 15.4 Å². The first-order valence-electron chi connectivity index (χ1n) is 6.82. The van der Waals surface area contributed by atoms with Crippen LogP contribution in [0.5, 0.6) is 0 Å². The molecule has 0 heterocycles. The van der Waals surface area contributed by atoms with Crippen molar-refractivity contribution in [2.24, 2.45) is 5.73 Å². The third kappa shape index (κ3) is 6.64. The molecule has 0 aromatic heterocycles. The van der Waals surface area contributed by atoms with E-state index < -0.39 is 12.0 Å². The highest BCUT2D eigenvalue weighted by Gasteiger charge is 2.16. The van der Waals surface area contributed by atoms with Crippen molar-refractivity contribution in [3.63, 3.8) is 0 Å². The van der Waals surface area contributed by atoms with Crippen molar-refractivity contribution in [1.82, 2.24) is 4.90 Å². The first-order valence-corrected chi connectivity index (χ1v) is 7.98. The second kappa shape index (κ2) is 9.41. The van der Waals surface area contributed by atoms with Crippen molar-refractivity contribution in [2.75, 3.05) is 25.2 Å². The Morgan fingerprint density at radius 2 is 2.00 bits per heavy atom. The summed E-state index contributed by atoms with van der Waals surface area (Å²) in [6.07, 6.45) is 0. The van der Waals surface area contributed by atoms with Crippen LogP contribution in [0.25, 0.3) is 0 Å². The molecule has 1 aromatic carbocycles. The molecule has 2 N–H and O–H groups in total. The van der Waals surface area contributed by atoms with Crippen LogP contribution < -0.4 is 5.73 Å². The largest absolute Gasteiger partial charge is 0.465 e. The number of rotatable bonds is 8. The Bertz CT molecular complexity index is 453. The molecular formula is C15H22N2O3S. The normalized spacial score (nSPS) is 11.8. The number of ether oxygens (including phenoxy) is 1. The first-order chi connectivity index (χ1) is 10.0. The summed E-state index contributed by atoms with van der Waals surface area (Å²) in [4.78, 5) is 25.0. The lowest BCUT2D eigenvalue weighted by Crippen LogP contribution is -2.35. The highest BCUT2D eigenvalue weighted by molar-refractivity contribution is 8.00. The Morgan fingerprint density at radius 1 is 1.33 bits per heavy atom. The van der Waals surface area contributed by atoms with Crippen molar-refractivity contribution in [2.45, 2.75) is 19.5 Å². The molecular weight excluding hydrogens is 288 g/mol. The standard InChI is InChI=1S/C15H22N2O3S/c1-3-20-15(19)13(16)10-21-11-14(18)17(2)9-12-7-5-4-6-8-12/h4-8,13H,3,9-11,16H2,1-2H3. The van der Waals surface area contributed by atoms with Gasteiger partial charge in [-0.2, -0.15) is 0 Å². The number of carbonyl (C=O) groups is 2. The Labute approximate surface area is 129 Å². The number of benzene rings is 1. The number of amides is 1. The molecule has 0 saturated carbocycles. The third-order valence-corrected chi connectivity index (χ3v) is 3.85. The summed E-state index contributed by atoms with van der Waals surface area (Å²) in [6, 6.07) is 9.11. The summed E-state index contributed by atoms with van der Waals surface area (Å²) in [5.74, 6) is 0.273. The zero-order valence-corrected chi connectivity index (χ0v) is 13.3. The molecule has 1 aromatic rings. The van der Waals surface area contributed by atoms with E-state index in [9.17, 15) is 9.59 Å². The Kier molecular flexibility index (Phi) is 7.85. The minimum Gasteiger partial charge on any atom is -0.465 e. The van der Waals surface area contributed by atoms with Crippen molar-refractivity contribution in [3.05, 3.63) is 35.9 Å². The Balaban J connectivity index is 2.28. The molecule has 21 heavy (non-hydrogen) atoms. The number of thioether (sulfide) groups is 1. The fraction of sp³-hybridized carbons (Fsp3) is 0.467. The van der Waals surface area contributed by atoms with Crippen LogP contribution in [-0.4, -0.2) is 48.0 Å². The molecule has 1 rings (SSSR count). The second-order valence-corrected chi connectivity index (χ2v) is 5.64. The van der Waals surface area contributed by atoms with Crippen molar-refractivity contribution in [1.29, 1.82) is 0 Å². The summed E-state index contributed by atoms with van der Waals surface area (Å²) in [7, 11) is 1.77. The average molecular weight is 310 g/mol. The predicted molar refractivity (Wildman–Crippen MR) is 84.8 cm³/mol.